The lowest BCUT2D eigenvalue weighted by Crippen LogP contribution is -2.30. The zero-order valence-electron chi connectivity index (χ0n) is 16.1. The molecule has 7 heteroatoms. The van der Waals surface area contributed by atoms with Gasteiger partial charge in [-0.2, -0.15) is 0 Å². The first-order chi connectivity index (χ1) is 13.6. The van der Waals surface area contributed by atoms with Crippen LogP contribution in [0.1, 0.15) is 30.4 Å². The van der Waals surface area contributed by atoms with Crippen molar-refractivity contribution >= 4 is 17.7 Å². The predicted molar refractivity (Wildman–Crippen MR) is 111 cm³/mol. The lowest BCUT2D eigenvalue weighted by atomic mass is 10.1. The van der Waals surface area contributed by atoms with Crippen LogP contribution in [0.2, 0.25) is 0 Å². The summed E-state index contributed by atoms with van der Waals surface area (Å²) in [6.45, 7) is 4.95. The summed E-state index contributed by atoms with van der Waals surface area (Å²) in [7, 11) is 0. The molecule has 2 aromatic heterocycles. The normalized spacial score (nSPS) is 17.2. The topological polar surface area (TPSA) is 72.7 Å². The minimum atomic E-state index is -0.151. The van der Waals surface area contributed by atoms with Crippen molar-refractivity contribution < 1.29 is 4.79 Å². The molecular weight excluding hydrogens is 370 g/mol. The van der Waals surface area contributed by atoms with E-state index < -0.39 is 0 Å². The SMILES string of the molecule is Cc1ccc(-n2c(S[C@@H]3CCCCNC3=O)nnc2-c2ccncc2)cc1C. The van der Waals surface area contributed by atoms with E-state index >= 15 is 0 Å². The Morgan fingerprint density at radius 2 is 1.89 bits per heavy atom. The Bertz CT molecular complexity index is 986. The van der Waals surface area contributed by atoms with E-state index in [1.54, 1.807) is 12.4 Å². The van der Waals surface area contributed by atoms with Crippen molar-refractivity contribution in [2.24, 2.45) is 0 Å². The Kier molecular flexibility index (Phi) is 5.43. The lowest BCUT2D eigenvalue weighted by Gasteiger charge is -2.15. The van der Waals surface area contributed by atoms with Gasteiger partial charge < -0.3 is 5.32 Å². The van der Waals surface area contributed by atoms with Crippen molar-refractivity contribution in [3.05, 3.63) is 53.9 Å². The first kappa shape index (κ1) is 18.7. The van der Waals surface area contributed by atoms with Crippen molar-refractivity contribution in [3.8, 4) is 17.1 Å². The third-order valence-corrected chi connectivity index (χ3v) is 6.26. The number of aryl methyl sites for hydroxylation is 2. The number of thioether (sulfide) groups is 1. The summed E-state index contributed by atoms with van der Waals surface area (Å²) in [5.41, 5.74) is 4.38. The minimum absolute atomic E-state index is 0.0857. The average molecular weight is 394 g/mol. The van der Waals surface area contributed by atoms with Crippen LogP contribution in [0.25, 0.3) is 17.1 Å². The summed E-state index contributed by atoms with van der Waals surface area (Å²) >= 11 is 1.49. The molecule has 1 saturated heterocycles. The molecule has 3 aromatic rings. The summed E-state index contributed by atoms with van der Waals surface area (Å²) in [4.78, 5) is 16.5. The number of nitrogens with zero attached hydrogens (tertiary/aromatic N) is 4. The van der Waals surface area contributed by atoms with Gasteiger partial charge in [-0.3, -0.25) is 14.3 Å². The highest BCUT2D eigenvalue weighted by atomic mass is 32.2. The number of pyridine rings is 1. The van der Waals surface area contributed by atoms with Crippen molar-refractivity contribution in [2.75, 3.05) is 6.54 Å². The van der Waals surface area contributed by atoms with Crippen LogP contribution in [0, 0.1) is 13.8 Å². The summed E-state index contributed by atoms with van der Waals surface area (Å²) in [6.07, 6.45) is 6.40. The average Bonchev–Trinajstić information content (AvgIpc) is 3.02. The molecule has 0 bridgehead atoms. The summed E-state index contributed by atoms with van der Waals surface area (Å²) in [6, 6.07) is 10.2. The van der Waals surface area contributed by atoms with Gasteiger partial charge in [0, 0.05) is 24.5 Å². The van der Waals surface area contributed by atoms with Crippen molar-refractivity contribution in [3.63, 3.8) is 0 Å². The first-order valence-corrected chi connectivity index (χ1v) is 10.4. The lowest BCUT2D eigenvalue weighted by molar-refractivity contribution is -0.120. The zero-order valence-corrected chi connectivity index (χ0v) is 16.9. The molecule has 0 radical (unpaired) electrons. The molecule has 6 nitrogen and oxygen atoms in total. The molecule has 3 heterocycles. The first-order valence-electron chi connectivity index (χ1n) is 9.51. The summed E-state index contributed by atoms with van der Waals surface area (Å²) in [5, 5.41) is 12.5. The summed E-state index contributed by atoms with van der Waals surface area (Å²) < 4.78 is 2.05. The molecule has 28 heavy (non-hydrogen) atoms. The molecule has 4 rings (SSSR count). The molecule has 0 saturated carbocycles. The van der Waals surface area contributed by atoms with E-state index in [1.165, 1.54) is 22.9 Å². The highest BCUT2D eigenvalue weighted by molar-refractivity contribution is 8.00. The van der Waals surface area contributed by atoms with Crippen LogP contribution in [0.5, 0.6) is 0 Å². The maximum Gasteiger partial charge on any atom is 0.233 e. The van der Waals surface area contributed by atoms with Gasteiger partial charge in [0.1, 0.15) is 0 Å². The molecule has 0 aliphatic carbocycles. The molecule has 1 aliphatic heterocycles. The minimum Gasteiger partial charge on any atom is -0.355 e. The van der Waals surface area contributed by atoms with E-state index in [0.717, 1.165) is 48.0 Å². The van der Waals surface area contributed by atoms with Gasteiger partial charge in [0.05, 0.1) is 10.9 Å². The second-order valence-corrected chi connectivity index (χ2v) is 8.21. The van der Waals surface area contributed by atoms with E-state index in [4.69, 9.17) is 0 Å². The number of amides is 1. The predicted octanol–water partition coefficient (Wildman–Crippen LogP) is 3.71. The zero-order chi connectivity index (χ0) is 19.5. The van der Waals surface area contributed by atoms with E-state index in [-0.39, 0.29) is 11.2 Å². The number of hydrogen-bond donors (Lipinski definition) is 1. The molecule has 1 aromatic carbocycles. The number of carbonyl (C=O) groups excluding carboxylic acids is 1. The Hall–Kier alpha value is -2.67. The van der Waals surface area contributed by atoms with Crippen LogP contribution in [0.3, 0.4) is 0 Å². The van der Waals surface area contributed by atoms with Crippen LogP contribution in [-0.4, -0.2) is 37.5 Å². The fourth-order valence-electron chi connectivity index (χ4n) is 3.28. The standard InChI is InChI=1S/C21H23N5OS/c1-14-6-7-17(13-15(14)2)26-19(16-8-11-22-12-9-16)24-25-21(26)28-18-5-3-4-10-23-20(18)27/h6-9,11-13,18H,3-5,10H2,1-2H3,(H,23,27)/t18-/m1/s1. The maximum absolute atomic E-state index is 12.4. The van der Waals surface area contributed by atoms with E-state index in [1.807, 2.05) is 16.7 Å². The molecule has 144 valence electrons. The number of carbonyl (C=O) groups is 1. The molecule has 1 N–H and O–H groups in total. The maximum atomic E-state index is 12.4. The molecule has 1 atom stereocenters. The van der Waals surface area contributed by atoms with Crippen LogP contribution in [-0.2, 0) is 4.79 Å². The Morgan fingerprint density at radius 1 is 1.07 bits per heavy atom. The van der Waals surface area contributed by atoms with Crippen LogP contribution in [0.15, 0.2) is 47.9 Å². The van der Waals surface area contributed by atoms with Crippen molar-refractivity contribution in [2.45, 2.75) is 43.5 Å². The molecule has 1 fully saturated rings. The van der Waals surface area contributed by atoms with E-state index in [9.17, 15) is 4.79 Å². The van der Waals surface area contributed by atoms with Gasteiger partial charge in [-0.15, -0.1) is 10.2 Å². The van der Waals surface area contributed by atoms with Gasteiger partial charge in [-0.1, -0.05) is 24.2 Å². The molecule has 1 amide bonds. The van der Waals surface area contributed by atoms with Crippen molar-refractivity contribution in [1.29, 1.82) is 0 Å². The van der Waals surface area contributed by atoms with Crippen LogP contribution >= 0.6 is 11.8 Å². The monoisotopic (exact) mass is 393 g/mol. The van der Waals surface area contributed by atoms with Gasteiger partial charge in [-0.05, 0) is 62.1 Å². The van der Waals surface area contributed by atoms with Gasteiger partial charge in [-0.25, -0.2) is 0 Å². The number of aromatic nitrogens is 4. The van der Waals surface area contributed by atoms with Gasteiger partial charge >= 0.3 is 0 Å². The van der Waals surface area contributed by atoms with Gasteiger partial charge in [0.15, 0.2) is 11.0 Å². The summed E-state index contributed by atoms with van der Waals surface area (Å²) in [5.74, 6) is 0.838. The molecule has 1 aliphatic rings. The fraction of sp³-hybridized carbons (Fsp3) is 0.333. The Labute approximate surface area is 168 Å². The smallest absolute Gasteiger partial charge is 0.233 e. The number of benzene rings is 1. The van der Waals surface area contributed by atoms with Gasteiger partial charge in [0.25, 0.3) is 0 Å². The third-order valence-electron chi connectivity index (χ3n) is 5.05. The Balaban J connectivity index is 1.79. The second-order valence-electron chi connectivity index (χ2n) is 7.04. The van der Waals surface area contributed by atoms with Crippen LogP contribution in [0.4, 0.5) is 0 Å². The molecule has 0 spiro atoms. The van der Waals surface area contributed by atoms with Crippen LogP contribution < -0.4 is 5.32 Å². The quantitative estimate of drug-likeness (QED) is 0.732. The van der Waals surface area contributed by atoms with Crippen molar-refractivity contribution in [1.82, 2.24) is 25.1 Å². The molecule has 0 unspecified atom stereocenters. The highest BCUT2D eigenvalue weighted by Crippen LogP contribution is 2.32. The number of nitrogens with one attached hydrogen (secondary N) is 1. The fourth-order valence-corrected chi connectivity index (χ4v) is 4.40. The highest BCUT2D eigenvalue weighted by Gasteiger charge is 2.26. The van der Waals surface area contributed by atoms with E-state index in [2.05, 4.69) is 52.5 Å². The molecular formula is C21H23N5OS. The number of rotatable bonds is 4. The second kappa shape index (κ2) is 8.14. The largest absolute Gasteiger partial charge is 0.355 e. The third kappa shape index (κ3) is 3.80. The Morgan fingerprint density at radius 3 is 2.68 bits per heavy atom. The number of hydrogen-bond acceptors (Lipinski definition) is 5. The van der Waals surface area contributed by atoms with Gasteiger partial charge in [0.2, 0.25) is 5.91 Å². The van der Waals surface area contributed by atoms with E-state index in [0.29, 0.717) is 0 Å².